The topological polar surface area (TPSA) is 49.8 Å². The fourth-order valence-electron chi connectivity index (χ4n) is 1.91. The molecule has 1 aromatic heterocycles. The normalized spacial score (nSPS) is 12.2. The zero-order chi connectivity index (χ0) is 13.2. The van der Waals surface area contributed by atoms with Crippen LogP contribution >= 0.6 is 0 Å². The third kappa shape index (κ3) is 5.34. The molecule has 0 spiro atoms. The maximum Gasteiger partial charge on any atom is 0.146 e. The van der Waals surface area contributed by atoms with Crippen LogP contribution in [-0.4, -0.2) is 23.1 Å². The first-order valence-corrected chi connectivity index (χ1v) is 7.09. The molecule has 1 heterocycles. The monoisotopic (exact) mass is 250 g/mol. The van der Waals surface area contributed by atoms with Gasteiger partial charge in [0.1, 0.15) is 11.6 Å². The summed E-state index contributed by atoms with van der Waals surface area (Å²) in [5.41, 5.74) is 0. The van der Waals surface area contributed by atoms with Gasteiger partial charge in [-0.3, -0.25) is 4.98 Å². The fourth-order valence-corrected chi connectivity index (χ4v) is 1.91. The third-order valence-electron chi connectivity index (χ3n) is 3.11. The van der Waals surface area contributed by atoms with Crippen molar-refractivity contribution in [2.24, 2.45) is 5.92 Å². The lowest BCUT2D eigenvalue weighted by Gasteiger charge is -2.15. The zero-order valence-electron chi connectivity index (χ0n) is 11.9. The average molecular weight is 250 g/mol. The Balaban J connectivity index is 2.43. The Hall–Kier alpha value is -1.32. The Morgan fingerprint density at radius 2 is 1.83 bits per heavy atom. The molecule has 0 saturated heterocycles. The Labute approximate surface area is 111 Å². The number of rotatable bonds is 9. The molecule has 4 nitrogen and oxygen atoms in total. The molecule has 1 aromatic rings. The number of hydrogen-bond acceptors (Lipinski definition) is 4. The number of hydrogen-bond donors (Lipinski definition) is 2. The molecule has 0 saturated carbocycles. The van der Waals surface area contributed by atoms with Crippen LogP contribution in [0.1, 0.15) is 46.5 Å². The Morgan fingerprint density at radius 3 is 2.44 bits per heavy atom. The maximum absolute atomic E-state index is 4.46. The molecular weight excluding hydrogens is 224 g/mol. The SMILES string of the molecule is CCCCC(CC)CNc1cncc(NCC)n1. The molecule has 0 bridgehead atoms. The Bertz CT molecular complexity index is 327. The molecule has 1 atom stereocenters. The van der Waals surface area contributed by atoms with Crippen molar-refractivity contribution < 1.29 is 0 Å². The van der Waals surface area contributed by atoms with E-state index in [4.69, 9.17) is 0 Å². The van der Waals surface area contributed by atoms with Crippen LogP contribution < -0.4 is 10.6 Å². The van der Waals surface area contributed by atoms with Gasteiger partial charge in [-0.05, 0) is 19.3 Å². The lowest BCUT2D eigenvalue weighted by molar-refractivity contribution is 0.472. The van der Waals surface area contributed by atoms with Crippen LogP contribution in [0.2, 0.25) is 0 Å². The van der Waals surface area contributed by atoms with Crippen molar-refractivity contribution in [3.8, 4) is 0 Å². The van der Waals surface area contributed by atoms with E-state index in [-0.39, 0.29) is 0 Å². The van der Waals surface area contributed by atoms with E-state index in [2.05, 4.69) is 41.4 Å². The van der Waals surface area contributed by atoms with Gasteiger partial charge in [-0.15, -0.1) is 0 Å². The van der Waals surface area contributed by atoms with Gasteiger partial charge in [0.05, 0.1) is 12.4 Å². The Kier molecular flexibility index (Phi) is 7.14. The van der Waals surface area contributed by atoms with E-state index in [0.717, 1.165) is 30.6 Å². The van der Waals surface area contributed by atoms with Gasteiger partial charge in [0.15, 0.2) is 0 Å². The summed E-state index contributed by atoms with van der Waals surface area (Å²) in [6.45, 7) is 8.40. The second-order valence-corrected chi connectivity index (χ2v) is 4.62. The second-order valence-electron chi connectivity index (χ2n) is 4.62. The molecule has 2 N–H and O–H groups in total. The number of unbranched alkanes of at least 4 members (excludes halogenated alkanes) is 1. The largest absolute Gasteiger partial charge is 0.369 e. The first-order valence-electron chi connectivity index (χ1n) is 7.09. The quantitative estimate of drug-likeness (QED) is 0.704. The van der Waals surface area contributed by atoms with E-state index in [1.165, 1.54) is 25.7 Å². The molecule has 0 radical (unpaired) electrons. The van der Waals surface area contributed by atoms with Crippen LogP contribution in [0.3, 0.4) is 0 Å². The molecule has 0 aliphatic carbocycles. The number of nitrogens with one attached hydrogen (secondary N) is 2. The lowest BCUT2D eigenvalue weighted by Crippen LogP contribution is -2.15. The van der Waals surface area contributed by atoms with Gasteiger partial charge in [0.2, 0.25) is 0 Å². The van der Waals surface area contributed by atoms with Gasteiger partial charge < -0.3 is 10.6 Å². The van der Waals surface area contributed by atoms with Crippen molar-refractivity contribution >= 4 is 11.6 Å². The van der Waals surface area contributed by atoms with Crippen LogP contribution in [0.5, 0.6) is 0 Å². The van der Waals surface area contributed by atoms with Gasteiger partial charge in [-0.25, -0.2) is 4.98 Å². The van der Waals surface area contributed by atoms with Crippen molar-refractivity contribution in [3.05, 3.63) is 12.4 Å². The molecule has 0 fully saturated rings. The van der Waals surface area contributed by atoms with Gasteiger partial charge in [-0.2, -0.15) is 0 Å². The summed E-state index contributed by atoms with van der Waals surface area (Å²) in [6, 6.07) is 0. The van der Waals surface area contributed by atoms with Crippen molar-refractivity contribution in [2.45, 2.75) is 46.5 Å². The van der Waals surface area contributed by atoms with E-state index in [1.54, 1.807) is 12.4 Å². The third-order valence-corrected chi connectivity index (χ3v) is 3.11. The highest BCUT2D eigenvalue weighted by molar-refractivity contribution is 5.41. The number of aromatic nitrogens is 2. The predicted molar refractivity (Wildman–Crippen MR) is 78.0 cm³/mol. The van der Waals surface area contributed by atoms with E-state index in [9.17, 15) is 0 Å². The van der Waals surface area contributed by atoms with E-state index in [0.29, 0.717) is 0 Å². The zero-order valence-corrected chi connectivity index (χ0v) is 11.9. The maximum atomic E-state index is 4.46. The van der Waals surface area contributed by atoms with Crippen LogP contribution in [-0.2, 0) is 0 Å². The molecule has 1 rings (SSSR count). The molecule has 102 valence electrons. The van der Waals surface area contributed by atoms with Crippen molar-refractivity contribution in [1.82, 2.24) is 9.97 Å². The van der Waals surface area contributed by atoms with Crippen molar-refractivity contribution in [2.75, 3.05) is 23.7 Å². The standard InChI is InChI=1S/C14H26N4/c1-4-7-8-12(5-2)9-17-14-11-15-10-13(18-14)16-6-3/h10-12H,4-9H2,1-3H3,(H2,16,17,18). The molecule has 0 aromatic carbocycles. The lowest BCUT2D eigenvalue weighted by atomic mass is 9.99. The van der Waals surface area contributed by atoms with E-state index in [1.807, 2.05) is 0 Å². The van der Waals surface area contributed by atoms with E-state index >= 15 is 0 Å². The fraction of sp³-hybridized carbons (Fsp3) is 0.714. The van der Waals surface area contributed by atoms with Crippen LogP contribution in [0.15, 0.2) is 12.4 Å². The minimum atomic E-state index is 0.731. The number of nitrogens with zero attached hydrogens (tertiary/aromatic N) is 2. The summed E-state index contributed by atoms with van der Waals surface area (Å²) in [4.78, 5) is 8.65. The summed E-state index contributed by atoms with van der Waals surface area (Å²) in [7, 11) is 0. The first-order chi connectivity index (χ1) is 8.80. The predicted octanol–water partition coefficient (Wildman–Crippen LogP) is 3.54. The molecule has 18 heavy (non-hydrogen) atoms. The molecule has 0 aliphatic heterocycles. The summed E-state index contributed by atoms with van der Waals surface area (Å²) in [5.74, 6) is 2.43. The van der Waals surface area contributed by atoms with Gasteiger partial charge in [0.25, 0.3) is 0 Å². The molecule has 0 amide bonds. The molecule has 0 aliphatic rings. The summed E-state index contributed by atoms with van der Waals surface area (Å²) < 4.78 is 0. The van der Waals surface area contributed by atoms with E-state index < -0.39 is 0 Å². The van der Waals surface area contributed by atoms with Crippen LogP contribution in [0, 0.1) is 5.92 Å². The van der Waals surface area contributed by atoms with Gasteiger partial charge in [0, 0.05) is 13.1 Å². The van der Waals surface area contributed by atoms with Crippen LogP contribution in [0.25, 0.3) is 0 Å². The summed E-state index contributed by atoms with van der Waals surface area (Å²) in [6.07, 6.45) is 8.62. The highest BCUT2D eigenvalue weighted by Gasteiger charge is 2.06. The number of anilines is 2. The Morgan fingerprint density at radius 1 is 1.11 bits per heavy atom. The highest BCUT2D eigenvalue weighted by Crippen LogP contribution is 2.14. The minimum absolute atomic E-state index is 0.731. The second kappa shape index (κ2) is 8.72. The molecule has 1 unspecified atom stereocenters. The smallest absolute Gasteiger partial charge is 0.146 e. The summed E-state index contributed by atoms with van der Waals surface area (Å²) in [5, 5.41) is 6.56. The minimum Gasteiger partial charge on any atom is -0.369 e. The van der Waals surface area contributed by atoms with Gasteiger partial charge in [-0.1, -0.05) is 33.1 Å². The molecule has 4 heteroatoms. The highest BCUT2D eigenvalue weighted by atomic mass is 15.1. The first kappa shape index (κ1) is 14.7. The van der Waals surface area contributed by atoms with Gasteiger partial charge >= 0.3 is 0 Å². The van der Waals surface area contributed by atoms with Crippen molar-refractivity contribution in [1.29, 1.82) is 0 Å². The van der Waals surface area contributed by atoms with Crippen molar-refractivity contribution in [3.63, 3.8) is 0 Å². The summed E-state index contributed by atoms with van der Waals surface area (Å²) >= 11 is 0. The molecular formula is C14H26N4. The van der Waals surface area contributed by atoms with Crippen LogP contribution in [0.4, 0.5) is 11.6 Å². The average Bonchev–Trinajstić information content (AvgIpc) is 2.40.